The maximum absolute atomic E-state index is 12.9. The van der Waals surface area contributed by atoms with Gasteiger partial charge in [-0.3, -0.25) is 14.5 Å². The van der Waals surface area contributed by atoms with E-state index < -0.39 is 34.9 Å². The number of thiazole rings is 1. The van der Waals surface area contributed by atoms with Gasteiger partial charge in [0.15, 0.2) is 29.8 Å². The molecule has 1 fully saturated rings. The molecular formula is C20H18N9O6S2+. The number of thioether (sulfide) groups is 1. The first-order valence-electron chi connectivity index (χ1n) is 10.5. The van der Waals surface area contributed by atoms with Crippen molar-refractivity contribution in [2.45, 2.75) is 18.0 Å². The van der Waals surface area contributed by atoms with Crippen LogP contribution >= 0.6 is 23.1 Å². The summed E-state index contributed by atoms with van der Waals surface area (Å²) in [7, 11) is 0. The number of hydrogen-bond donors (Lipinski definition) is 5. The molecule has 0 saturated carbocycles. The van der Waals surface area contributed by atoms with Crippen LogP contribution in [-0.4, -0.2) is 71.1 Å². The summed E-state index contributed by atoms with van der Waals surface area (Å²) in [4.78, 5) is 42.8. The molecule has 5 rings (SSSR count). The summed E-state index contributed by atoms with van der Waals surface area (Å²) in [6, 6.07) is 2.36. The molecule has 1 saturated heterocycles. The number of amides is 2. The third-order valence-corrected chi connectivity index (χ3v) is 7.58. The van der Waals surface area contributed by atoms with Crippen molar-refractivity contribution < 1.29 is 33.7 Å². The molecule has 2 amide bonds. The lowest BCUT2D eigenvalue weighted by molar-refractivity contribution is -0.689. The molecule has 0 aromatic carbocycles. The van der Waals surface area contributed by atoms with Crippen LogP contribution in [0.5, 0.6) is 0 Å². The normalized spacial score (nSPS) is 19.4. The van der Waals surface area contributed by atoms with Crippen molar-refractivity contribution in [3.05, 3.63) is 46.9 Å². The van der Waals surface area contributed by atoms with E-state index in [0.29, 0.717) is 16.9 Å². The molecular weight excluding hydrogens is 526 g/mol. The Morgan fingerprint density at radius 3 is 2.65 bits per heavy atom. The lowest BCUT2D eigenvalue weighted by Gasteiger charge is -2.49. The molecule has 17 heteroatoms. The monoisotopic (exact) mass is 544 g/mol. The number of fused-ring (bicyclic) bond motifs is 1. The molecule has 0 radical (unpaired) electrons. The Labute approximate surface area is 215 Å². The van der Waals surface area contributed by atoms with Gasteiger partial charge in [-0.25, -0.2) is 14.3 Å². The highest BCUT2D eigenvalue weighted by Crippen LogP contribution is 2.40. The number of aliphatic carboxylic acids is 1. The number of carboxylic acids is 1. The summed E-state index contributed by atoms with van der Waals surface area (Å²) in [6.07, 6.45) is 3.42. The Balaban J connectivity index is 1.31. The molecule has 0 spiro atoms. The first kappa shape index (κ1) is 24.2. The van der Waals surface area contributed by atoms with Gasteiger partial charge < -0.3 is 31.5 Å². The highest BCUT2D eigenvalue weighted by molar-refractivity contribution is 8.00. The zero-order valence-electron chi connectivity index (χ0n) is 18.6. The number of nitrogens with zero attached hydrogens (tertiary/aromatic N) is 6. The Bertz CT molecular complexity index is 1460. The zero-order chi connectivity index (χ0) is 26.3. The molecule has 37 heavy (non-hydrogen) atoms. The van der Waals surface area contributed by atoms with Crippen molar-refractivity contribution >= 4 is 57.7 Å². The maximum atomic E-state index is 12.9. The lowest BCUT2D eigenvalue weighted by atomic mass is 10.0. The van der Waals surface area contributed by atoms with Crippen LogP contribution in [0.4, 0.5) is 11.1 Å². The number of carbonyl (C=O) groups excluding carboxylic acids is 2. The Morgan fingerprint density at radius 1 is 1.30 bits per heavy atom. The van der Waals surface area contributed by atoms with Gasteiger partial charge in [0.25, 0.3) is 11.8 Å². The molecule has 3 aromatic rings. The SMILES string of the molecule is Nc1nnc(-c2cc[n+](CC3=C(C(=O)O)N4C(=O)[C@@H](NC(=O)/C(=N\O)c5csc(N)n5)[C@H]4SC3)cc2)o1. The second-order valence-corrected chi connectivity index (χ2v) is 9.84. The van der Waals surface area contributed by atoms with E-state index in [-0.39, 0.29) is 35.0 Å². The average molecular weight is 545 g/mol. The topological polar surface area (TPSA) is 227 Å². The summed E-state index contributed by atoms with van der Waals surface area (Å²) in [6.45, 7) is 0.209. The fourth-order valence-electron chi connectivity index (χ4n) is 3.90. The van der Waals surface area contributed by atoms with Gasteiger partial charge in [0.1, 0.15) is 22.8 Å². The molecule has 0 bridgehead atoms. The van der Waals surface area contributed by atoms with E-state index in [9.17, 15) is 24.7 Å². The summed E-state index contributed by atoms with van der Waals surface area (Å²) >= 11 is 2.36. The van der Waals surface area contributed by atoms with E-state index in [1.54, 1.807) is 29.1 Å². The fraction of sp³-hybridized carbons (Fsp3) is 0.200. The average Bonchev–Trinajstić information content (AvgIpc) is 3.51. The standard InChI is InChI=1S/C20H17N9O6S2/c21-19-26-25-15(35-19)8-1-3-28(4-2-8)5-9-6-36-17-12(16(31)29(17)13(9)18(32)33)24-14(30)11(27-34)10-7-37-20(22)23-10/h1-4,7,12,17,21H,5-6H2,(H5,22,23,24,30,32,33,34)/p+1/t12-,17-/m1/s1. The largest absolute Gasteiger partial charge is 0.477 e. The van der Waals surface area contributed by atoms with Gasteiger partial charge in [0.05, 0.1) is 5.56 Å². The number of oxime groups is 1. The van der Waals surface area contributed by atoms with Gasteiger partial charge in [-0.2, -0.15) is 0 Å². The van der Waals surface area contributed by atoms with Crippen LogP contribution in [0.1, 0.15) is 5.69 Å². The number of aromatic nitrogens is 4. The number of nitrogens with two attached hydrogens (primary N) is 2. The number of nitrogens with one attached hydrogen (secondary N) is 1. The van der Waals surface area contributed by atoms with E-state index in [1.807, 2.05) is 0 Å². The number of carboxylic acid groups (broad SMARTS) is 1. The van der Waals surface area contributed by atoms with Gasteiger partial charge in [0.2, 0.25) is 5.89 Å². The summed E-state index contributed by atoms with van der Waals surface area (Å²) in [5.41, 5.74) is 11.7. The molecule has 3 aromatic heterocycles. The molecule has 2 aliphatic rings. The van der Waals surface area contributed by atoms with Gasteiger partial charge in [-0.05, 0) is 0 Å². The van der Waals surface area contributed by atoms with Crippen molar-refractivity contribution in [3.8, 4) is 11.5 Å². The summed E-state index contributed by atoms with van der Waals surface area (Å²) in [5, 5.41) is 33.1. The van der Waals surface area contributed by atoms with Gasteiger partial charge in [-0.1, -0.05) is 10.3 Å². The molecule has 7 N–H and O–H groups in total. The number of carbonyl (C=O) groups is 3. The molecule has 2 aliphatic heterocycles. The van der Waals surface area contributed by atoms with Crippen LogP contribution in [-0.2, 0) is 20.9 Å². The van der Waals surface area contributed by atoms with Crippen molar-refractivity contribution in [2.24, 2.45) is 5.16 Å². The Morgan fingerprint density at radius 2 is 2.05 bits per heavy atom. The highest BCUT2D eigenvalue weighted by Gasteiger charge is 2.54. The molecule has 0 aliphatic carbocycles. The van der Waals surface area contributed by atoms with Crippen molar-refractivity contribution in [2.75, 3.05) is 17.2 Å². The zero-order valence-corrected chi connectivity index (χ0v) is 20.3. The smallest absolute Gasteiger partial charge is 0.352 e. The number of rotatable bonds is 7. The van der Waals surface area contributed by atoms with Crippen LogP contribution in [0.3, 0.4) is 0 Å². The first-order valence-corrected chi connectivity index (χ1v) is 12.4. The molecule has 0 unspecified atom stereocenters. The number of hydrogen-bond acceptors (Lipinski definition) is 13. The third kappa shape index (κ3) is 4.45. The second-order valence-electron chi connectivity index (χ2n) is 7.84. The minimum absolute atomic E-state index is 0.0569. The second kappa shape index (κ2) is 9.51. The third-order valence-electron chi connectivity index (χ3n) is 5.57. The summed E-state index contributed by atoms with van der Waals surface area (Å²) in [5.74, 6) is -2.13. The van der Waals surface area contributed by atoms with Gasteiger partial charge in [0, 0.05) is 28.8 Å². The van der Waals surface area contributed by atoms with E-state index in [2.05, 4.69) is 25.7 Å². The Hall–Kier alpha value is -4.51. The van der Waals surface area contributed by atoms with Crippen LogP contribution in [0.2, 0.25) is 0 Å². The number of nitrogen functional groups attached to an aromatic ring is 2. The minimum Gasteiger partial charge on any atom is -0.477 e. The Kier molecular flexibility index (Phi) is 6.22. The van der Waals surface area contributed by atoms with Gasteiger partial charge in [-0.15, -0.1) is 28.2 Å². The summed E-state index contributed by atoms with van der Waals surface area (Å²) < 4.78 is 6.94. The number of pyridine rings is 1. The molecule has 5 heterocycles. The van der Waals surface area contributed by atoms with E-state index in [4.69, 9.17) is 15.9 Å². The number of anilines is 2. The minimum atomic E-state index is -1.26. The fourth-order valence-corrected chi connectivity index (χ4v) is 5.78. The molecule has 2 atom stereocenters. The number of β-lactam (4-membered cyclic amide) rings is 1. The molecule has 190 valence electrons. The van der Waals surface area contributed by atoms with Crippen LogP contribution < -0.4 is 21.4 Å². The van der Waals surface area contributed by atoms with Crippen molar-refractivity contribution in [1.29, 1.82) is 0 Å². The predicted molar refractivity (Wildman–Crippen MR) is 129 cm³/mol. The maximum Gasteiger partial charge on any atom is 0.352 e. The van der Waals surface area contributed by atoms with E-state index in [1.165, 1.54) is 17.1 Å². The quantitative estimate of drug-likeness (QED) is 0.0815. The van der Waals surface area contributed by atoms with Crippen molar-refractivity contribution in [1.82, 2.24) is 25.4 Å². The van der Waals surface area contributed by atoms with Crippen molar-refractivity contribution in [3.63, 3.8) is 0 Å². The predicted octanol–water partition coefficient (Wildman–Crippen LogP) is -0.738. The van der Waals surface area contributed by atoms with Crippen LogP contribution in [0.25, 0.3) is 11.5 Å². The lowest BCUT2D eigenvalue weighted by Crippen LogP contribution is -2.71. The molecule has 15 nitrogen and oxygen atoms in total. The van der Waals surface area contributed by atoms with Gasteiger partial charge >= 0.3 is 12.0 Å². The van der Waals surface area contributed by atoms with Crippen LogP contribution in [0.15, 0.2) is 50.7 Å². The van der Waals surface area contributed by atoms with Crippen LogP contribution in [0, 0.1) is 0 Å². The highest BCUT2D eigenvalue weighted by atomic mass is 32.2. The first-order chi connectivity index (χ1) is 17.8. The van der Waals surface area contributed by atoms with E-state index in [0.717, 1.165) is 16.2 Å². The van der Waals surface area contributed by atoms with E-state index >= 15 is 0 Å².